The van der Waals surface area contributed by atoms with Crippen molar-refractivity contribution in [3.63, 3.8) is 0 Å². The van der Waals surface area contributed by atoms with E-state index in [2.05, 4.69) is 10.6 Å². The summed E-state index contributed by atoms with van der Waals surface area (Å²) < 4.78 is 12.9. The molecule has 0 saturated heterocycles. The van der Waals surface area contributed by atoms with Gasteiger partial charge >= 0.3 is 0 Å². The molecule has 0 aliphatic carbocycles. The van der Waals surface area contributed by atoms with Crippen LogP contribution in [-0.4, -0.2) is 17.4 Å². The van der Waals surface area contributed by atoms with Gasteiger partial charge in [-0.15, -0.1) is 0 Å². The molecule has 1 amide bonds. The highest BCUT2D eigenvalue weighted by Crippen LogP contribution is 2.25. The normalized spacial score (nSPS) is 10.2. The van der Waals surface area contributed by atoms with Crippen molar-refractivity contribution in [2.45, 2.75) is 6.92 Å². The number of carbonyl (C=O) groups is 1. The van der Waals surface area contributed by atoms with E-state index in [0.29, 0.717) is 11.3 Å². The highest BCUT2D eigenvalue weighted by Gasteiger charge is 2.16. The zero-order chi connectivity index (χ0) is 17.0. The zero-order valence-electron chi connectivity index (χ0n) is 12.1. The van der Waals surface area contributed by atoms with E-state index in [9.17, 15) is 19.3 Å². The Bertz CT molecular complexity index is 768. The van der Waals surface area contributed by atoms with Crippen molar-refractivity contribution in [2.24, 2.45) is 0 Å². The third-order valence-corrected chi connectivity index (χ3v) is 3.31. The zero-order valence-corrected chi connectivity index (χ0v) is 12.9. The first-order valence-electron chi connectivity index (χ1n) is 6.60. The van der Waals surface area contributed by atoms with Crippen LogP contribution >= 0.6 is 11.6 Å². The largest absolute Gasteiger partial charge is 0.375 e. The van der Waals surface area contributed by atoms with Crippen molar-refractivity contribution in [1.82, 2.24) is 0 Å². The van der Waals surface area contributed by atoms with Crippen LogP contribution in [0.3, 0.4) is 0 Å². The highest BCUT2D eigenvalue weighted by atomic mass is 35.5. The van der Waals surface area contributed by atoms with Crippen LogP contribution in [0.15, 0.2) is 36.4 Å². The molecular formula is C15H13ClFN3O3. The molecule has 23 heavy (non-hydrogen) atoms. The van der Waals surface area contributed by atoms with E-state index < -0.39 is 16.6 Å². The highest BCUT2D eigenvalue weighted by molar-refractivity contribution is 6.33. The second kappa shape index (κ2) is 7.06. The van der Waals surface area contributed by atoms with Crippen LogP contribution < -0.4 is 10.6 Å². The van der Waals surface area contributed by atoms with Crippen LogP contribution in [0.25, 0.3) is 0 Å². The number of carbonyl (C=O) groups excluding carboxylic acids is 1. The summed E-state index contributed by atoms with van der Waals surface area (Å²) in [6.45, 7) is 1.55. The van der Waals surface area contributed by atoms with Crippen LogP contribution in [0.5, 0.6) is 0 Å². The van der Waals surface area contributed by atoms with Gasteiger partial charge in [0, 0.05) is 6.07 Å². The molecule has 0 atom stereocenters. The van der Waals surface area contributed by atoms with Crippen molar-refractivity contribution in [3.8, 4) is 0 Å². The number of aryl methyl sites for hydroxylation is 1. The van der Waals surface area contributed by atoms with E-state index >= 15 is 0 Å². The van der Waals surface area contributed by atoms with Crippen LogP contribution in [0.1, 0.15) is 5.56 Å². The number of nitrogens with one attached hydrogen (secondary N) is 2. The Hall–Kier alpha value is -2.67. The van der Waals surface area contributed by atoms with Crippen molar-refractivity contribution in [1.29, 1.82) is 0 Å². The predicted octanol–water partition coefficient (Wildman–Crippen LogP) is 3.75. The molecule has 0 fully saturated rings. The summed E-state index contributed by atoms with van der Waals surface area (Å²) in [6.07, 6.45) is 0. The van der Waals surface area contributed by atoms with E-state index in [1.54, 1.807) is 13.0 Å². The van der Waals surface area contributed by atoms with Gasteiger partial charge in [-0.2, -0.15) is 0 Å². The summed E-state index contributed by atoms with van der Waals surface area (Å²) in [6, 6.07) is 8.23. The first kappa shape index (κ1) is 16.7. The average molecular weight is 338 g/mol. The summed E-state index contributed by atoms with van der Waals surface area (Å²) in [7, 11) is 0. The standard InChI is InChI=1S/C15H13ClFN3O3/c1-9-2-4-13(14(6-9)20(22)23)19-15(21)8-18-12-5-3-10(17)7-11(12)16/h2-7,18H,8H2,1H3,(H,19,21). The van der Waals surface area contributed by atoms with Crippen molar-refractivity contribution < 1.29 is 14.1 Å². The van der Waals surface area contributed by atoms with Gasteiger partial charge < -0.3 is 10.6 Å². The molecule has 2 N–H and O–H groups in total. The van der Waals surface area contributed by atoms with E-state index in [4.69, 9.17) is 11.6 Å². The van der Waals surface area contributed by atoms with E-state index in [1.165, 1.54) is 24.3 Å². The number of amides is 1. The molecule has 0 aromatic heterocycles. The van der Waals surface area contributed by atoms with E-state index in [1.807, 2.05) is 0 Å². The van der Waals surface area contributed by atoms with Gasteiger partial charge in [0.25, 0.3) is 5.69 Å². The summed E-state index contributed by atoms with van der Waals surface area (Å²) in [5, 5.41) is 16.3. The van der Waals surface area contributed by atoms with Crippen LogP contribution in [-0.2, 0) is 4.79 Å². The number of nitro groups is 1. The van der Waals surface area contributed by atoms with Gasteiger partial charge in [0.05, 0.1) is 22.2 Å². The van der Waals surface area contributed by atoms with Crippen molar-refractivity contribution >= 4 is 34.6 Å². The van der Waals surface area contributed by atoms with Gasteiger partial charge in [-0.1, -0.05) is 17.7 Å². The fraction of sp³-hybridized carbons (Fsp3) is 0.133. The van der Waals surface area contributed by atoms with Gasteiger partial charge in [0.15, 0.2) is 0 Å². The molecule has 0 aliphatic heterocycles. The number of hydrogen-bond acceptors (Lipinski definition) is 4. The summed E-state index contributed by atoms with van der Waals surface area (Å²) in [5.41, 5.74) is 1.03. The third-order valence-electron chi connectivity index (χ3n) is 2.99. The van der Waals surface area contributed by atoms with Gasteiger partial charge in [-0.3, -0.25) is 14.9 Å². The molecule has 6 nitrogen and oxygen atoms in total. The number of hydrogen-bond donors (Lipinski definition) is 2. The van der Waals surface area contributed by atoms with Gasteiger partial charge in [0.2, 0.25) is 5.91 Å². The Morgan fingerprint density at radius 3 is 2.61 bits per heavy atom. The predicted molar refractivity (Wildman–Crippen MR) is 86.4 cm³/mol. The number of rotatable bonds is 5. The van der Waals surface area contributed by atoms with Crippen LogP contribution in [0, 0.1) is 22.9 Å². The molecule has 0 saturated carbocycles. The third kappa shape index (κ3) is 4.40. The maximum atomic E-state index is 12.9. The number of halogens is 2. The van der Waals surface area contributed by atoms with Crippen LogP contribution in [0.4, 0.5) is 21.5 Å². The molecule has 2 aromatic rings. The molecule has 120 valence electrons. The lowest BCUT2D eigenvalue weighted by atomic mass is 10.2. The van der Waals surface area contributed by atoms with Gasteiger partial charge in [0.1, 0.15) is 11.5 Å². The molecule has 0 unspecified atom stereocenters. The maximum Gasteiger partial charge on any atom is 0.293 e. The van der Waals surface area contributed by atoms with E-state index in [0.717, 1.165) is 6.07 Å². The lowest BCUT2D eigenvalue weighted by Crippen LogP contribution is -2.22. The Morgan fingerprint density at radius 1 is 1.26 bits per heavy atom. The minimum Gasteiger partial charge on any atom is -0.375 e. The second-order valence-electron chi connectivity index (χ2n) is 4.80. The Balaban J connectivity index is 2.04. The van der Waals surface area contributed by atoms with E-state index in [-0.39, 0.29) is 22.9 Å². The number of nitrogens with zero attached hydrogens (tertiary/aromatic N) is 1. The Kier molecular flexibility index (Phi) is 5.13. The second-order valence-corrected chi connectivity index (χ2v) is 5.21. The first-order valence-corrected chi connectivity index (χ1v) is 6.98. The van der Waals surface area contributed by atoms with Crippen LogP contribution in [0.2, 0.25) is 5.02 Å². The average Bonchev–Trinajstić information content (AvgIpc) is 2.48. The molecule has 2 rings (SSSR count). The lowest BCUT2D eigenvalue weighted by Gasteiger charge is -2.10. The molecule has 2 aromatic carbocycles. The van der Waals surface area contributed by atoms with Gasteiger partial charge in [-0.05, 0) is 36.8 Å². The Labute approximate surface area is 136 Å². The van der Waals surface area contributed by atoms with Crippen molar-refractivity contribution in [3.05, 3.63) is 62.9 Å². The molecule has 8 heteroatoms. The number of benzene rings is 2. The Morgan fingerprint density at radius 2 is 1.96 bits per heavy atom. The maximum absolute atomic E-state index is 12.9. The number of nitro benzene ring substituents is 1. The molecule has 0 bridgehead atoms. The molecule has 0 aliphatic rings. The molecule has 0 heterocycles. The smallest absolute Gasteiger partial charge is 0.293 e. The lowest BCUT2D eigenvalue weighted by molar-refractivity contribution is -0.384. The summed E-state index contributed by atoms with van der Waals surface area (Å²) in [4.78, 5) is 22.3. The fourth-order valence-corrected chi connectivity index (χ4v) is 2.14. The fourth-order valence-electron chi connectivity index (χ4n) is 1.90. The first-order chi connectivity index (χ1) is 10.9. The monoisotopic (exact) mass is 337 g/mol. The SMILES string of the molecule is Cc1ccc(NC(=O)CNc2ccc(F)cc2Cl)c([N+](=O)[O-])c1. The molecule has 0 radical (unpaired) electrons. The quantitative estimate of drug-likeness (QED) is 0.643. The minimum absolute atomic E-state index is 0.109. The summed E-state index contributed by atoms with van der Waals surface area (Å²) in [5.74, 6) is -0.974. The number of anilines is 2. The molecule has 0 spiro atoms. The topological polar surface area (TPSA) is 84.3 Å². The molecular weight excluding hydrogens is 325 g/mol. The summed E-state index contributed by atoms with van der Waals surface area (Å²) >= 11 is 5.83. The minimum atomic E-state index is -0.563. The van der Waals surface area contributed by atoms with Gasteiger partial charge in [-0.25, -0.2) is 4.39 Å². The van der Waals surface area contributed by atoms with Crippen molar-refractivity contribution in [2.75, 3.05) is 17.2 Å².